The summed E-state index contributed by atoms with van der Waals surface area (Å²) in [6.07, 6.45) is -1.22. The molecule has 0 spiro atoms. The van der Waals surface area contributed by atoms with E-state index in [0.717, 1.165) is 5.56 Å². The first kappa shape index (κ1) is 14.0. The molecule has 4 atom stereocenters. The molecule has 3 rings (SSSR count). The first-order valence-corrected chi connectivity index (χ1v) is 7.18. The molecule has 1 heterocycles. The fourth-order valence-electron chi connectivity index (χ4n) is 3.74. The van der Waals surface area contributed by atoms with Crippen molar-refractivity contribution >= 4 is 11.9 Å². The van der Waals surface area contributed by atoms with Gasteiger partial charge in [0, 0.05) is 6.54 Å². The highest BCUT2D eigenvalue weighted by Crippen LogP contribution is 2.52. The quantitative estimate of drug-likeness (QED) is 0.930. The van der Waals surface area contributed by atoms with Gasteiger partial charge in [-0.05, 0) is 25.3 Å². The Balaban J connectivity index is 1.91. The molecule has 1 aromatic rings. The lowest BCUT2D eigenvalue weighted by Gasteiger charge is -2.28. The first-order valence-electron chi connectivity index (χ1n) is 7.18. The number of aliphatic carboxylic acids is 1. The normalized spacial score (nSPS) is 33.0. The fourth-order valence-corrected chi connectivity index (χ4v) is 3.74. The van der Waals surface area contributed by atoms with Crippen LogP contribution in [0.1, 0.15) is 31.4 Å². The van der Waals surface area contributed by atoms with Gasteiger partial charge in [0.15, 0.2) is 0 Å². The van der Waals surface area contributed by atoms with Crippen LogP contribution >= 0.6 is 0 Å². The van der Waals surface area contributed by atoms with Gasteiger partial charge in [0.2, 0.25) is 5.91 Å². The van der Waals surface area contributed by atoms with Gasteiger partial charge in [0.25, 0.3) is 0 Å². The zero-order valence-corrected chi connectivity index (χ0v) is 11.8. The number of carboxylic acid groups (broad SMARTS) is 1. The third-order valence-corrected chi connectivity index (χ3v) is 4.95. The SMILES string of the molecule is C[C@H](c1ccccc1)N1C[C@]2(C(=O)O)CC(F)C[C@@H]2C1=O. The van der Waals surface area contributed by atoms with Crippen LogP contribution in [-0.4, -0.2) is 34.6 Å². The van der Waals surface area contributed by atoms with Crippen molar-refractivity contribution in [2.45, 2.75) is 32.0 Å². The maximum absolute atomic E-state index is 13.6. The predicted molar refractivity (Wildman–Crippen MR) is 74.3 cm³/mol. The Morgan fingerprint density at radius 3 is 2.67 bits per heavy atom. The minimum atomic E-state index is -1.25. The lowest BCUT2D eigenvalue weighted by atomic mass is 9.80. The maximum atomic E-state index is 13.6. The Morgan fingerprint density at radius 2 is 2.10 bits per heavy atom. The van der Waals surface area contributed by atoms with Crippen molar-refractivity contribution in [2.75, 3.05) is 6.54 Å². The second kappa shape index (κ2) is 4.83. The number of rotatable bonds is 3. The van der Waals surface area contributed by atoms with E-state index in [1.807, 2.05) is 37.3 Å². The molecule has 21 heavy (non-hydrogen) atoms. The minimum absolute atomic E-state index is 0.0309. The van der Waals surface area contributed by atoms with E-state index in [9.17, 15) is 19.1 Å². The highest BCUT2D eigenvalue weighted by Gasteiger charge is 2.63. The standard InChI is InChI=1S/C16H18FNO3/c1-10(11-5-3-2-4-6-11)18-9-16(15(20)21)8-12(17)7-13(16)14(18)19/h2-6,10,12-13H,7-9H2,1H3,(H,20,21)/t10-,12?,13-,16-/m1/s1. The fraction of sp³-hybridized carbons (Fsp3) is 0.500. The molecule has 1 saturated heterocycles. The maximum Gasteiger partial charge on any atom is 0.312 e. The topological polar surface area (TPSA) is 57.6 Å². The predicted octanol–water partition coefficient (Wildman–Crippen LogP) is 2.41. The molecule has 112 valence electrons. The van der Waals surface area contributed by atoms with E-state index in [1.54, 1.807) is 4.90 Å². The van der Waals surface area contributed by atoms with Crippen molar-refractivity contribution in [2.24, 2.45) is 11.3 Å². The van der Waals surface area contributed by atoms with Gasteiger partial charge in [-0.3, -0.25) is 9.59 Å². The molecular formula is C16H18FNO3. The number of carbonyl (C=O) groups is 2. The van der Waals surface area contributed by atoms with Crippen LogP contribution in [0.3, 0.4) is 0 Å². The summed E-state index contributed by atoms with van der Waals surface area (Å²) < 4.78 is 13.6. The molecule has 5 heteroatoms. The van der Waals surface area contributed by atoms with Gasteiger partial charge in [-0.2, -0.15) is 0 Å². The molecule has 1 unspecified atom stereocenters. The van der Waals surface area contributed by atoms with Crippen LogP contribution in [-0.2, 0) is 9.59 Å². The summed E-state index contributed by atoms with van der Waals surface area (Å²) in [4.78, 5) is 25.8. The van der Waals surface area contributed by atoms with Crippen LogP contribution in [0.15, 0.2) is 30.3 Å². The average Bonchev–Trinajstić information content (AvgIpc) is 2.94. The molecule has 1 N–H and O–H groups in total. The van der Waals surface area contributed by atoms with Crippen molar-refractivity contribution in [1.29, 1.82) is 0 Å². The summed E-state index contributed by atoms with van der Waals surface area (Å²) in [5.74, 6) is -2.01. The molecule has 1 aliphatic heterocycles. The number of amides is 1. The number of carbonyl (C=O) groups excluding carboxylic acids is 1. The monoisotopic (exact) mass is 291 g/mol. The van der Waals surface area contributed by atoms with Gasteiger partial charge < -0.3 is 10.0 Å². The summed E-state index contributed by atoms with van der Waals surface area (Å²) in [7, 11) is 0. The molecule has 1 aromatic carbocycles. The molecule has 1 amide bonds. The van der Waals surface area contributed by atoms with Crippen LogP contribution in [0, 0.1) is 11.3 Å². The number of alkyl halides is 1. The summed E-state index contributed by atoms with van der Waals surface area (Å²) in [5, 5.41) is 9.53. The van der Waals surface area contributed by atoms with E-state index in [4.69, 9.17) is 0 Å². The van der Waals surface area contributed by atoms with Crippen LogP contribution in [0.4, 0.5) is 4.39 Å². The van der Waals surface area contributed by atoms with Gasteiger partial charge in [0.05, 0.1) is 17.4 Å². The molecule has 0 bridgehead atoms. The number of likely N-dealkylation sites (tertiary alicyclic amines) is 1. The van der Waals surface area contributed by atoms with Gasteiger partial charge in [0.1, 0.15) is 6.17 Å². The summed E-state index contributed by atoms with van der Waals surface area (Å²) >= 11 is 0. The lowest BCUT2D eigenvalue weighted by molar-refractivity contribution is -0.150. The van der Waals surface area contributed by atoms with E-state index >= 15 is 0 Å². The average molecular weight is 291 g/mol. The summed E-state index contributed by atoms with van der Waals surface area (Å²) in [6.45, 7) is 1.99. The van der Waals surface area contributed by atoms with Crippen molar-refractivity contribution in [3.63, 3.8) is 0 Å². The number of nitrogens with zero attached hydrogens (tertiary/aromatic N) is 1. The third-order valence-electron chi connectivity index (χ3n) is 4.95. The minimum Gasteiger partial charge on any atom is -0.481 e. The Kier molecular flexibility index (Phi) is 3.23. The lowest BCUT2D eigenvalue weighted by Crippen LogP contribution is -2.36. The molecule has 1 saturated carbocycles. The molecule has 0 radical (unpaired) electrons. The van der Waals surface area contributed by atoms with Crippen molar-refractivity contribution in [3.05, 3.63) is 35.9 Å². The number of hydrogen-bond acceptors (Lipinski definition) is 2. The molecule has 1 aliphatic carbocycles. The van der Waals surface area contributed by atoms with Crippen LogP contribution in [0.25, 0.3) is 0 Å². The van der Waals surface area contributed by atoms with Crippen molar-refractivity contribution < 1.29 is 19.1 Å². The summed E-state index contributed by atoms with van der Waals surface area (Å²) in [5.41, 5.74) is -0.289. The Bertz CT molecular complexity index is 576. The van der Waals surface area contributed by atoms with Crippen LogP contribution in [0.2, 0.25) is 0 Å². The van der Waals surface area contributed by atoms with Gasteiger partial charge in [-0.1, -0.05) is 30.3 Å². The molecular weight excluding hydrogens is 273 g/mol. The van der Waals surface area contributed by atoms with Gasteiger partial charge in [-0.15, -0.1) is 0 Å². The number of halogens is 1. The zero-order valence-electron chi connectivity index (χ0n) is 11.8. The van der Waals surface area contributed by atoms with Gasteiger partial charge >= 0.3 is 5.97 Å². The zero-order chi connectivity index (χ0) is 15.2. The summed E-state index contributed by atoms with van der Waals surface area (Å²) in [6, 6.07) is 9.30. The second-order valence-electron chi connectivity index (χ2n) is 6.10. The molecule has 4 nitrogen and oxygen atoms in total. The van der Waals surface area contributed by atoms with E-state index in [-0.39, 0.29) is 31.3 Å². The number of hydrogen-bond donors (Lipinski definition) is 1. The van der Waals surface area contributed by atoms with Crippen LogP contribution in [0.5, 0.6) is 0 Å². The third kappa shape index (κ3) is 2.03. The van der Waals surface area contributed by atoms with E-state index in [1.165, 1.54) is 0 Å². The largest absolute Gasteiger partial charge is 0.481 e. The Morgan fingerprint density at radius 1 is 1.43 bits per heavy atom. The number of carboxylic acids is 1. The first-order chi connectivity index (χ1) is 9.95. The Hall–Kier alpha value is -1.91. The van der Waals surface area contributed by atoms with Gasteiger partial charge in [-0.25, -0.2) is 4.39 Å². The molecule has 0 aromatic heterocycles. The van der Waals surface area contributed by atoms with E-state index < -0.39 is 23.5 Å². The highest BCUT2D eigenvalue weighted by molar-refractivity contribution is 5.92. The van der Waals surface area contributed by atoms with E-state index in [2.05, 4.69) is 0 Å². The van der Waals surface area contributed by atoms with Crippen molar-refractivity contribution in [1.82, 2.24) is 4.90 Å². The van der Waals surface area contributed by atoms with Crippen LogP contribution < -0.4 is 0 Å². The highest BCUT2D eigenvalue weighted by atomic mass is 19.1. The number of fused-ring (bicyclic) bond motifs is 1. The molecule has 2 fully saturated rings. The smallest absolute Gasteiger partial charge is 0.312 e. The molecule has 2 aliphatic rings. The van der Waals surface area contributed by atoms with E-state index in [0.29, 0.717) is 0 Å². The van der Waals surface area contributed by atoms with Crippen molar-refractivity contribution in [3.8, 4) is 0 Å². The number of benzene rings is 1. The second-order valence-corrected chi connectivity index (χ2v) is 6.10. The Labute approximate surface area is 122 Å².